The summed E-state index contributed by atoms with van der Waals surface area (Å²) in [4.78, 5) is 5.05. The first-order valence-corrected chi connectivity index (χ1v) is 7.94. The number of nitrogens with one attached hydrogen (secondary N) is 1. The molecule has 1 N–H and O–H groups in total. The molecule has 2 unspecified atom stereocenters. The number of piperazine rings is 1. The molecule has 0 radical (unpaired) electrons. The normalized spacial score (nSPS) is 22.8. The van der Waals surface area contributed by atoms with Crippen molar-refractivity contribution in [2.45, 2.75) is 71.6 Å². The summed E-state index contributed by atoms with van der Waals surface area (Å²) in [5.41, 5.74) is -0.428. The molecule has 1 aliphatic rings. The molecule has 1 saturated heterocycles. The van der Waals surface area contributed by atoms with Gasteiger partial charge in [-0.1, -0.05) is 0 Å². The first-order chi connectivity index (χ1) is 9.27. The van der Waals surface area contributed by atoms with E-state index in [2.05, 4.69) is 55.8 Å². The number of hydrogen-bond donors (Lipinski definition) is 1. The highest BCUT2D eigenvalue weighted by Gasteiger charge is 2.30. The fourth-order valence-corrected chi connectivity index (χ4v) is 3.19. The van der Waals surface area contributed by atoms with Crippen LogP contribution in [-0.2, 0) is 0 Å². The topological polar surface area (TPSA) is 42.3 Å². The Kier molecular flexibility index (Phi) is 6.44. The number of nitriles is 1. The van der Waals surface area contributed by atoms with Crippen LogP contribution in [0.25, 0.3) is 0 Å². The van der Waals surface area contributed by atoms with Gasteiger partial charge >= 0.3 is 0 Å². The van der Waals surface area contributed by atoms with Gasteiger partial charge in [0.15, 0.2) is 0 Å². The highest BCUT2D eigenvalue weighted by molar-refractivity contribution is 5.06. The Bertz CT molecular complexity index is 326. The molecule has 0 aromatic rings. The van der Waals surface area contributed by atoms with Crippen LogP contribution >= 0.6 is 0 Å². The van der Waals surface area contributed by atoms with Crippen LogP contribution in [0.4, 0.5) is 0 Å². The van der Waals surface area contributed by atoms with Crippen molar-refractivity contribution in [3.63, 3.8) is 0 Å². The van der Waals surface area contributed by atoms with E-state index in [-0.39, 0.29) is 0 Å². The second-order valence-corrected chi connectivity index (χ2v) is 6.96. The van der Waals surface area contributed by atoms with Crippen molar-refractivity contribution in [3.05, 3.63) is 0 Å². The lowest BCUT2D eigenvalue weighted by Gasteiger charge is -2.41. The van der Waals surface area contributed by atoms with Crippen LogP contribution in [0.1, 0.15) is 48.0 Å². The summed E-state index contributed by atoms with van der Waals surface area (Å²) < 4.78 is 0. The molecule has 0 spiro atoms. The lowest BCUT2D eigenvalue weighted by molar-refractivity contribution is 0.0736. The quantitative estimate of drug-likeness (QED) is 0.809. The van der Waals surface area contributed by atoms with Gasteiger partial charge in [-0.3, -0.25) is 15.1 Å². The third kappa shape index (κ3) is 5.05. The zero-order valence-corrected chi connectivity index (χ0v) is 14.1. The Hall–Kier alpha value is -0.630. The van der Waals surface area contributed by atoms with E-state index >= 15 is 0 Å². The Balaban J connectivity index is 2.51. The van der Waals surface area contributed by atoms with Crippen LogP contribution in [0.3, 0.4) is 0 Å². The van der Waals surface area contributed by atoms with Crippen LogP contribution in [0.5, 0.6) is 0 Å². The maximum atomic E-state index is 9.46. The predicted octanol–water partition coefficient (Wildman–Crippen LogP) is 2.07. The molecule has 1 fully saturated rings. The van der Waals surface area contributed by atoms with Gasteiger partial charge in [-0.05, 0) is 48.0 Å². The van der Waals surface area contributed by atoms with Crippen LogP contribution < -0.4 is 5.32 Å². The molecule has 0 bridgehead atoms. The van der Waals surface area contributed by atoms with Crippen molar-refractivity contribution in [2.75, 3.05) is 26.2 Å². The number of nitrogens with zero attached hydrogens (tertiary/aromatic N) is 3. The van der Waals surface area contributed by atoms with Crippen molar-refractivity contribution < 1.29 is 0 Å². The van der Waals surface area contributed by atoms with Gasteiger partial charge in [0.25, 0.3) is 0 Å². The van der Waals surface area contributed by atoms with Gasteiger partial charge in [-0.2, -0.15) is 5.26 Å². The van der Waals surface area contributed by atoms with E-state index in [1.165, 1.54) is 0 Å². The van der Waals surface area contributed by atoms with Crippen LogP contribution in [-0.4, -0.2) is 59.6 Å². The lowest BCUT2D eigenvalue weighted by Crippen LogP contribution is -2.54. The van der Waals surface area contributed by atoms with Gasteiger partial charge in [-0.25, -0.2) is 0 Å². The average Bonchev–Trinajstić information content (AvgIpc) is 2.37. The Labute approximate surface area is 125 Å². The monoisotopic (exact) mass is 280 g/mol. The summed E-state index contributed by atoms with van der Waals surface area (Å²) in [5.74, 6) is 0. The smallest absolute Gasteiger partial charge is 0.105 e. The van der Waals surface area contributed by atoms with Crippen LogP contribution in [0, 0.1) is 11.3 Å². The molecular formula is C16H32N4. The van der Waals surface area contributed by atoms with Gasteiger partial charge in [0.1, 0.15) is 5.54 Å². The molecule has 0 amide bonds. The molecule has 1 rings (SSSR count). The van der Waals surface area contributed by atoms with Gasteiger partial charge < -0.3 is 0 Å². The SMILES string of the molecule is CC(C)NC(C)(C#N)CC(C)N1CCN(C(C)C)CC1. The third-order valence-corrected chi connectivity index (χ3v) is 4.26. The van der Waals surface area contributed by atoms with Crippen molar-refractivity contribution in [1.82, 2.24) is 15.1 Å². The molecular weight excluding hydrogens is 248 g/mol. The summed E-state index contributed by atoms with van der Waals surface area (Å²) in [6, 6.07) is 3.88. The standard InChI is InChI=1S/C16H32N4/c1-13(2)18-16(6,12-17)11-15(5)20-9-7-19(8-10-20)14(3)4/h13-15,18H,7-11H2,1-6H3. The molecule has 0 saturated carbocycles. The zero-order chi connectivity index (χ0) is 15.3. The van der Waals surface area contributed by atoms with E-state index in [4.69, 9.17) is 0 Å². The predicted molar refractivity (Wildman–Crippen MR) is 84.7 cm³/mol. The zero-order valence-electron chi connectivity index (χ0n) is 14.1. The molecule has 2 atom stereocenters. The molecule has 1 aliphatic heterocycles. The summed E-state index contributed by atoms with van der Waals surface area (Å²) >= 11 is 0. The molecule has 4 heteroatoms. The molecule has 20 heavy (non-hydrogen) atoms. The second-order valence-electron chi connectivity index (χ2n) is 6.96. The molecule has 116 valence electrons. The second kappa shape index (κ2) is 7.40. The fourth-order valence-electron chi connectivity index (χ4n) is 3.19. The molecule has 0 aromatic carbocycles. The average molecular weight is 280 g/mol. The Morgan fingerprint density at radius 2 is 1.55 bits per heavy atom. The van der Waals surface area contributed by atoms with Crippen molar-refractivity contribution >= 4 is 0 Å². The van der Waals surface area contributed by atoms with Gasteiger partial charge in [0.2, 0.25) is 0 Å². The summed E-state index contributed by atoms with van der Waals surface area (Å²) in [7, 11) is 0. The number of rotatable bonds is 6. The highest BCUT2D eigenvalue weighted by atomic mass is 15.3. The van der Waals surface area contributed by atoms with Crippen molar-refractivity contribution in [3.8, 4) is 6.07 Å². The van der Waals surface area contributed by atoms with Gasteiger partial charge in [0, 0.05) is 44.3 Å². The highest BCUT2D eigenvalue weighted by Crippen LogP contribution is 2.18. The Morgan fingerprint density at radius 1 is 1.05 bits per heavy atom. The number of hydrogen-bond acceptors (Lipinski definition) is 4. The first kappa shape index (κ1) is 17.4. The molecule has 0 aromatic heterocycles. The third-order valence-electron chi connectivity index (χ3n) is 4.26. The maximum Gasteiger partial charge on any atom is 0.105 e. The van der Waals surface area contributed by atoms with Crippen LogP contribution in [0.2, 0.25) is 0 Å². The lowest BCUT2D eigenvalue weighted by atomic mass is 9.93. The van der Waals surface area contributed by atoms with E-state index < -0.39 is 5.54 Å². The first-order valence-electron chi connectivity index (χ1n) is 7.94. The van der Waals surface area contributed by atoms with E-state index in [1.54, 1.807) is 0 Å². The van der Waals surface area contributed by atoms with E-state index in [0.29, 0.717) is 18.1 Å². The maximum absolute atomic E-state index is 9.46. The summed E-state index contributed by atoms with van der Waals surface area (Å²) in [6.07, 6.45) is 0.878. The Morgan fingerprint density at radius 3 is 1.95 bits per heavy atom. The van der Waals surface area contributed by atoms with Crippen molar-refractivity contribution in [2.24, 2.45) is 0 Å². The van der Waals surface area contributed by atoms with E-state index in [9.17, 15) is 5.26 Å². The van der Waals surface area contributed by atoms with Gasteiger partial charge in [0.05, 0.1) is 6.07 Å². The van der Waals surface area contributed by atoms with Crippen molar-refractivity contribution in [1.29, 1.82) is 5.26 Å². The molecule has 0 aliphatic carbocycles. The molecule has 1 heterocycles. The fraction of sp³-hybridized carbons (Fsp3) is 0.938. The largest absolute Gasteiger partial charge is 0.298 e. The van der Waals surface area contributed by atoms with E-state index in [0.717, 1.165) is 32.6 Å². The molecule has 4 nitrogen and oxygen atoms in total. The van der Waals surface area contributed by atoms with E-state index in [1.807, 2.05) is 6.92 Å². The summed E-state index contributed by atoms with van der Waals surface area (Å²) in [5, 5.41) is 12.9. The van der Waals surface area contributed by atoms with Gasteiger partial charge in [-0.15, -0.1) is 0 Å². The minimum atomic E-state index is -0.428. The minimum absolute atomic E-state index is 0.338. The van der Waals surface area contributed by atoms with Crippen LogP contribution in [0.15, 0.2) is 0 Å². The summed E-state index contributed by atoms with van der Waals surface area (Å²) in [6.45, 7) is 17.5. The minimum Gasteiger partial charge on any atom is -0.298 e.